The van der Waals surface area contributed by atoms with Gasteiger partial charge in [0.25, 0.3) is 0 Å². The Kier molecular flexibility index (Phi) is 6.61. The van der Waals surface area contributed by atoms with Crippen LogP contribution in [0.1, 0.15) is 18.5 Å². The first kappa shape index (κ1) is 23.2. The van der Waals surface area contributed by atoms with E-state index < -0.39 is 0 Å². The van der Waals surface area contributed by atoms with Gasteiger partial charge in [0.05, 0.1) is 28.6 Å². The number of halogens is 1. The molecule has 1 aliphatic heterocycles. The van der Waals surface area contributed by atoms with Crippen LogP contribution < -0.4 is 15.5 Å². The van der Waals surface area contributed by atoms with Crippen molar-refractivity contribution < 1.29 is 4.79 Å². The maximum Gasteiger partial charge on any atom is 0.233 e. The van der Waals surface area contributed by atoms with Gasteiger partial charge in [0.2, 0.25) is 5.91 Å². The topological polar surface area (TPSA) is 99.2 Å². The molecule has 0 bridgehead atoms. The van der Waals surface area contributed by atoms with Gasteiger partial charge < -0.3 is 15.5 Å². The van der Waals surface area contributed by atoms with E-state index in [1.165, 1.54) is 0 Å². The largest absolute Gasteiger partial charge is 0.361 e. The number of nitrogens with zero attached hydrogens (tertiary/aromatic N) is 6. The Morgan fingerprint density at radius 2 is 1.91 bits per heavy atom. The van der Waals surface area contributed by atoms with E-state index in [0.717, 1.165) is 59.5 Å². The highest BCUT2D eigenvalue weighted by molar-refractivity contribution is 6.35. The summed E-state index contributed by atoms with van der Waals surface area (Å²) in [4.78, 5) is 34.5. The van der Waals surface area contributed by atoms with Gasteiger partial charge in [-0.05, 0) is 31.2 Å². The molecule has 1 saturated heterocycles. The summed E-state index contributed by atoms with van der Waals surface area (Å²) in [6.07, 6.45) is 3.29. The predicted molar refractivity (Wildman–Crippen MR) is 139 cm³/mol. The fourth-order valence-corrected chi connectivity index (χ4v) is 4.65. The Labute approximate surface area is 208 Å². The van der Waals surface area contributed by atoms with Crippen LogP contribution in [0, 0.1) is 0 Å². The number of rotatable bonds is 6. The summed E-state index contributed by atoms with van der Waals surface area (Å²) >= 11 is 6.52. The fourth-order valence-electron chi connectivity index (χ4n) is 4.42. The number of carbonyl (C=O) groups excluding carboxylic acids is 1. The van der Waals surface area contributed by atoms with E-state index >= 15 is 0 Å². The van der Waals surface area contributed by atoms with Crippen molar-refractivity contribution in [3.63, 3.8) is 0 Å². The summed E-state index contributed by atoms with van der Waals surface area (Å²) in [5.41, 5.74) is 3.33. The third kappa shape index (κ3) is 4.82. The van der Waals surface area contributed by atoms with Crippen molar-refractivity contribution in [3.05, 3.63) is 59.5 Å². The summed E-state index contributed by atoms with van der Waals surface area (Å²) in [5, 5.41) is 7.83. The quantitative estimate of drug-likeness (QED) is 0.425. The first-order valence-corrected chi connectivity index (χ1v) is 12.0. The number of anilines is 2. The van der Waals surface area contributed by atoms with Gasteiger partial charge in [0, 0.05) is 50.4 Å². The van der Waals surface area contributed by atoms with E-state index in [9.17, 15) is 4.79 Å². The second kappa shape index (κ2) is 9.97. The lowest BCUT2D eigenvalue weighted by Gasteiger charge is -2.36. The van der Waals surface area contributed by atoms with Crippen LogP contribution in [-0.4, -0.2) is 70.5 Å². The van der Waals surface area contributed by atoms with E-state index in [1.54, 1.807) is 19.6 Å². The number of hydrogen-bond donors (Lipinski definition) is 2. The zero-order valence-electron chi connectivity index (χ0n) is 19.7. The van der Waals surface area contributed by atoms with Gasteiger partial charge >= 0.3 is 0 Å². The standard InChI is InChI=1S/C25H27ClN8O/c1-16(31-24-23-20(29-15-30-24)7-4-8-28-23)18-13-17-5-3-6-19(26)22(17)32-25(18)34-11-9-33(10-12-34)14-21(35)27-2/h3-8,13,15-16H,9-12,14H2,1-2H3,(H,27,35)(H,29,30,31)/t16-/m0/s1. The predicted octanol–water partition coefficient (Wildman–Crippen LogP) is 3.27. The monoisotopic (exact) mass is 490 g/mol. The van der Waals surface area contributed by atoms with Crippen molar-refractivity contribution >= 4 is 51.1 Å². The van der Waals surface area contributed by atoms with Crippen LogP contribution >= 0.6 is 11.6 Å². The number of aromatic nitrogens is 4. The molecule has 0 radical (unpaired) electrons. The molecule has 0 saturated carbocycles. The molecule has 0 spiro atoms. The molecule has 1 fully saturated rings. The number of amides is 1. The summed E-state index contributed by atoms with van der Waals surface area (Å²) in [5.74, 6) is 1.59. The molecule has 0 unspecified atom stereocenters. The van der Waals surface area contributed by atoms with Crippen molar-refractivity contribution in [2.24, 2.45) is 0 Å². The van der Waals surface area contributed by atoms with Crippen LogP contribution in [0.3, 0.4) is 0 Å². The molecule has 35 heavy (non-hydrogen) atoms. The minimum absolute atomic E-state index is 0.0262. The lowest BCUT2D eigenvalue weighted by molar-refractivity contribution is -0.121. The molecule has 1 aliphatic rings. The minimum atomic E-state index is -0.107. The van der Waals surface area contributed by atoms with Crippen molar-refractivity contribution in [2.75, 3.05) is 50.0 Å². The van der Waals surface area contributed by atoms with Crippen molar-refractivity contribution in [3.8, 4) is 0 Å². The number of carbonyl (C=O) groups is 1. The highest BCUT2D eigenvalue weighted by Gasteiger charge is 2.25. The van der Waals surface area contributed by atoms with Gasteiger partial charge in [-0.25, -0.2) is 15.0 Å². The van der Waals surface area contributed by atoms with Crippen LogP contribution in [0.2, 0.25) is 5.02 Å². The Bertz CT molecular complexity index is 1370. The van der Waals surface area contributed by atoms with Gasteiger partial charge in [-0.15, -0.1) is 0 Å². The number of pyridine rings is 2. The van der Waals surface area contributed by atoms with Gasteiger partial charge in [-0.3, -0.25) is 14.7 Å². The number of benzene rings is 1. The van der Waals surface area contributed by atoms with Gasteiger partial charge in [-0.2, -0.15) is 0 Å². The zero-order chi connectivity index (χ0) is 24.4. The highest BCUT2D eigenvalue weighted by Crippen LogP contribution is 2.34. The number of nitrogens with one attached hydrogen (secondary N) is 2. The summed E-state index contributed by atoms with van der Waals surface area (Å²) in [7, 11) is 1.67. The minimum Gasteiger partial charge on any atom is -0.361 e. The smallest absolute Gasteiger partial charge is 0.233 e. The van der Waals surface area contributed by atoms with Crippen LogP contribution in [0.25, 0.3) is 21.9 Å². The van der Waals surface area contributed by atoms with Crippen LogP contribution in [-0.2, 0) is 4.79 Å². The number of fused-ring (bicyclic) bond motifs is 2. The number of likely N-dealkylation sites (N-methyl/N-ethyl adjacent to an activating group) is 1. The van der Waals surface area contributed by atoms with Crippen LogP contribution in [0.5, 0.6) is 0 Å². The maximum absolute atomic E-state index is 11.8. The molecular formula is C25H27ClN8O. The lowest BCUT2D eigenvalue weighted by atomic mass is 10.0. The van der Waals surface area contributed by atoms with Crippen molar-refractivity contribution in [1.29, 1.82) is 0 Å². The molecule has 9 nitrogen and oxygen atoms in total. The molecule has 5 rings (SSSR count). The zero-order valence-corrected chi connectivity index (χ0v) is 20.5. The Morgan fingerprint density at radius 3 is 2.71 bits per heavy atom. The molecule has 1 amide bonds. The normalized spacial score (nSPS) is 15.3. The van der Waals surface area contributed by atoms with Crippen LogP contribution in [0.15, 0.2) is 48.9 Å². The van der Waals surface area contributed by atoms with E-state index in [0.29, 0.717) is 17.4 Å². The van der Waals surface area contributed by atoms with E-state index in [2.05, 4.69) is 48.4 Å². The first-order valence-electron chi connectivity index (χ1n) is 11.6. The average molecular weight is 491 g/mol. The molecule has 10 heteroatoms. The summed E-state index contributed by atoms with van der Waals surface area (Å²) in [6.45, 7) is 5.57. The van der Waals surface area contributed by atoms with E-state index in [1.807, 2.05) is 30.3 Å². The number of hydrogen-bond acceptors (Lipinski definition) is 8. The fraction of sp³-hybridized carbons (Fsp3) is 0.320. The van der Waals surface area contributed by atoms with Crippen molar-refractivity contribution in [2.45, 2.75) is 13.0 Å². The number of para-hydroxylation sites is 1. The molecule has 3 aromatic heterocycles. The van der Waals surface area contributed by atoms with Gasteiger partial charge in [-0.1, -0.05) is 23.7 Å². The average Bonchev–Trinajstić information content (AvgIpc) is 2.89. The highest BCUT2D eigenvalue weighted by atomic mass is 35.5. The van der Waals surface area contributed by atoms with Gasteiger partial charge in [0.1, 0.15) is 17.7 Å². The maximum atomic E-state index is 11.8. The third-order valence-corrected chi connectivity index (χ3v) is 6.64. The second-order valence-electron chi connectivity index (χ2n) is 8.61. The van der Waals surface area contributed by atoms with Crippen molar-refractivity contribution in [1.82, 2.24) is 30.2 Å². The SMILES string of the molecule is CNC(=O)CN1CCN(c2nc3c(Cl)cccc3cc2[C@H](C)Nc2ncnc3cccnc23)CC1. The molecule has 4 heterocycles. The summed E-state index contributed by atoms with van der Waals surface area (Å²) < 4.78 is 0. The summed E-state index contributed by atoms with van der Waals surface area (Å²) in [6, 6.07) is 11.6. The van der Waals surface area contributed by atoms with Crippen LogP contribution in [0.4, 0.5) is 11.6 Å². The molecule has 1 atom stereocenters. The Morgan fingerprint density at radius 1 is 1.09 bits per heavy atom. The molecule has 2 N–H and O–H groups in total. The first-order chi connectivity index (χ1) is 17.0. The molecule has 0 aliphatic carbocycles. The molecule has 1 aromatic carbocycles. The second-order valence-corrected chi connectivity index (χ2v) is 9.02. The number of piperazine rings is 1. The Balaban J connectivity index is 1.48. The Hall–Kier alpha value is -3.56. The molecule has 180 valence electrons. The van der Waals surface area contributed by atoms with E-state index in [4.69, 9.17) is 16.6 Å². The van der Waals surface area contributed by atoms with E-state index in [-0.39, 0.29) is 11.9 Å². The lowest BCUT2D eigenvalue weighted by Crippen LogP contribution is -2.49. The van der Waals surface area contributed by atoms with Gasteiger partial charge in [0.15, 0.2) is 5.82 Å². The molecular weight excluding hydrogens is 464 g/mol. The third-order valence-electron chi connectivity index (χ3n) is 6.34. The molecule has 4 aromatic rings.